The summed E-state index contributed by atoms with van der Waals surface area (Å²) < 4.78 is 39.0. The number of likely N-dealkylation sites (tertiary alicyclic amines) is 1. The van der Waals surface area contributed by atoms with E-state index in [1.807, 2.05) is 85.8 Å². The molecular formula is C47H57NO8. The third kappa shape index (κ3) is 10.1. The normalized spacial score (nSPS) is 27.5. The molecule has 9 nitrogen and oxygen atoms in total. The lowest BCUT2D eigenvalue weighted by Crippen LogP contribution is -2.61. The van der Waals surface area contributed by atoms with Crippen molar-refractivity contribution in [3.05, 3.63) is 143 Å². The summed E-state index contributed by atoms with van der Waals surface area (Å²) in [5.41, 5.74) is 3.86. The summed E-state index contributed by atoms with van der Waals surface area (Å²) in [6.45, 7) is 5.48. The molecule has 0 radical (unpaired) electrons. The zero-order valence-corrected chi connectivity index (χ0v) is 32.7. The number of nitrogens with zero attached hydrogens (tertiary/aromatic N) is 1. The van der Waals surface area contributed by atoms with Crippen molar-refractivity contribution >= 4 is 5.97 Å². The number of carbonyl (C=O) groups excluding carboxylic acids is 1. The van der Waals surface area contributed by atoms with Crippen molar-refractivity contribution in [3.8, 4) is 0 Å². The Morgan fingerprint density at radius 3 is 1.86 bits per heavy atom. The molecule has 0 amide bonds. The third-order valence-corrected chi connectivity index (χ3v) is 11.6. The van der Waals surface area contributed by atoms with Gasteiger partial charge in [0, 0.05) is 6.54 Å². The number of hydrogen-bond donors (Lipinski definition) is 1. The first-order valence-corrected chi connectivity index (χ1v) is 20.3. The zero-order chi connectivity index (χ0) is 38.7. The Kier molecular flexibility index (Phi) is 14.0. The molecule has 7 atom stereocenters. The van der Waals surface area contributed by atoms with Crippen LogP contribution in [-0.2, 0) is 65.2 Å². The van der Waals surface area contributed by atoms with E-state index in [4.69, 9.17) is 28.4 Å². The Morgan fingerprint density at radius 1 is 0.714 bits per heavy atom. The first kappa shape index (κ1) is 40.3. The Bertz CT molecular complexity index is 1790. The maximum absolute atomic E-state index is 12.7. The van der Waals surface area contributed by atoms with Crippen LogP contribution in [0.15, 0.2) is 115 Å². The molecule has 2 aliphatic heterocycles. The van der Waals surface area contributed by atoms with Gasteiger partial charge in [0.25, 0.3) is 0 Å². The average Bonchev–Trinajstić information content (AvgIpc) is 3.24. The maximum Gasteiger partial charge on any atom is 0.308 e. The summed E-state index contributed by atoms with van der Waals surface area (Å²) in [5.74, 6) is -0.159. The van der Waals surface area contributed by atoms with Gasteiger partial charge in [-0.1, -0.05) is 128 Å². The number of ether oxygens (including phenoxy) is 6. The number of esters is 1. The molecule has 2 saturated heterocycles. The topological polar surface area (TPSA) is 95.9 Å². The zero-order valence-electron chi connectivity index (χ0n) is 32.7. The molecule has 1 saturated carbocycles. The Labute approximate surface area is 331 Å². The second-order valence-electron chi connectivity index (χ2n) is 15.6. The van der Waals surface area contributed by atoms with E-state index in [0.717, 1.165) is 73.1 Å². The molecule has 0 aromatic heterocycles. The molecule has 0 unspecified atom stereocenters. The Hall–Kier alpha value is -3.93. The number of aliphatic hydroxyl groups is 1. The van der Waals surface area contributed by atoms with E-state index in [2.05, 4.69) is 41.3 Å². The van der Waals surface area contributed by atoms with Crippen LogP contribution in [0, 0.1) is 5.92 Å². The van der Waals surface area contributed by atoms with Crippen LogP contribution in [0.2, 0.25) is 0 Å². The van der Waals surface area contributed by atoms with Crippen LogP contribution in [0.5, 0.6) is 0 Å². The van der Waals surface area contributed by atoms with E-state index in [9.17, 15) is 9.90 Å². The SMILES string of the molecule is COC(=O)C1CCN(Cc2cccc([C@]3(O)CCCC[C@H]3O[C@@H]3O[C@@H](C)[C@@H](OCc4ccccc4)[C@@H](OCc4ccccc4)[C@@H]3OCc3ccccc3)c2)CC1. The molecule has 2 heterocycles. The number of benzene rings is 4. The largest absolute Gasteiger partial charge is 0.469 e. The molecule has 3 fully saturated rings. The molecule has 4 aromatic carbocycles. The van der Waals surface area contributed by atoms with Gasteiger partial charge in [0.15, 0.2) is 6.29 Å². The fourth-order valence-corrected chi connectivity index (χ4v) is 8.47. The number of hydrogen-bond acceptors (Lipinski definition) is 9. The fourth-order valence-electron chi connectivity index (χ4n) is 8.47. The quantitative estimate of drug-likeness (QED) is 0.122. The molecule has 4 aromatic rings. The highest BCUT2D eigenvalue weighted by Gasteiger charge is 2.51. The van der Waals surface area contributed by atoms with Crippen molar-refractivity contribution in [1.82, 2.24) is 4.90 Å². The lowest BCUT2D eigenvalue weighted by atomic mass is 9.76. The van der Waals surface area contributed by atoms with Gasteiger partial charge in [0.2, 0.25) is 0 Å². The molecule has 7 rings (SSSR count). The van der Waals surface area contributed by atoms with Crippen molar-refractivity contribution in [2.75, 3.05) is 20.2 Å². The molecule has 0 bridgehead atoms. The second kappa shape index (κ2) is 19.5. The molecule has 298 valence electrons. The van der Waals surface area contributed by atoms with E-state index < -0.39 is 42.4 Å². The molecule has 1 N–H and O–H groups in total. The monoisotopic (exact) mass is 763 g/mol. The van der Waals surface area contributed by atoms with Gasteiger partial charge >= 0.3 is 5.97 Å². The van der Waals surface area contributed by atoms with Gasteiger partial charge in [-0.25, -0.2) is 0 Å². The number of carbonyl (C=O) groups is 1. The predicted octanol–water partition coefficient (Wildman–Crippen LogP) is 7.72. The van der Waals surface area contributed by atoms with Gasteiger partial charge in [-0.15, -0.1) is 0 Å². The first-order valence-electron chi connectivity index (χ1n) is 20.3. The van der Waals surface area contributed by atoms with E-state index in [1.54, 1.807) is 0 Å². The summed E-state index contributed by atoms with van der Waals surface area (Å²) in [6.07, 6.45) is 1.18. The standard InChI is InChI=1S/C47H57NO8/c1-34-42(52-31-35-15-6-3-7-16-35)43(53-32-36-17-8-4-9-18-36)44(54-33-37-19-10-5-11-20-37)46(55-34)56-41-23-12-13-26-47(41,50)40-22-14-21-38(29-40)30-48-27-24-39(25-28-48)45(49)51-2/h3-11,14-22,29,34,39,41-44,46,50H,12-13,23-28,30-33H2,1-2H3/t34-,41+,42+,43+,44-,46-,47+/m0/s1. The summed E-state index contributed by atoms with van der Waals surface area (Å²) in [7, 11) is 1.46. The highest BCUT2D eigenvalue weighted by Crippen LogP contribution is 2.42. The minimum atomic E-state index is -1.23. The minimum absolute atomic E-state index is 0.0392. The van der Waals surface area contributed by atoms with Gasteiger partial charge in [-0.2, -0.15) is 0 Å². The van der Waals surface area contributed by atoms with E-state index in [0.29, 0.717) is 32.7 Å². The van der Waals surface area contributed by atoms with Gasteiger partial charge < -0.3 is 33.5 Å². The van der Waals surface area contributed by atoms with Crippen LogP contribution in [0.4, 0.5) is 0 Å². The molecule has 56 heavy (non-hydrogen) atoms. The summed E-state index contributed by atoms with van der Waals surface area (Å²) >= 11 is 0. The van der Waals surface area contributed by atoms with E-state index in [1.165, 1.54) is 7.11 Å². The van der Waals surface area contributed by atoms with E-state index >= 15 is 0 Å². The summed E-state index contributed by atoms with van der Waals surface area (Å²) in [5, 5.41) is 12.7. The van der Waals surface area contributed by atoms with Crippen LogP contribution in [-0.4, -0.2) is 73.0 Å². The fraction of sp³-hybridized carbons (Fsp3) is 0.468. The van der Waals surface area contributed by atoms with Gasteiger partial charge in [0.1, 0.15) is 23.9 Å². The lowest BCUT2D eigenvalue weighted by molar-refractivity contribution is -0.341. The van der Waals surface area contributed by atoms with Crippen LogP contribution >= 0.6 is 0 Å². The lowest BCUT2D eigenvalue weighted by Gasteiger charge is -2.48. The highest BCUT2D eigenvalue weighted by molar-refractivity contribution is 5.72. The van der Waals surface area contributed by atoms with Gasteiger partial charge in [-0.3, -0.25) is 9.69 Å². The molecule has 1 aliphatic carbocycles. The smallest absolute Gasteiger partial charge is 0.308 e. The van der Waals surface area contributed by atoms with Crippen LogP contribution in [0.25, 0.3) is 0 Å². The molecular weight excluding hydrogens is 707 g/mol. The number of rotatable bonds is 15. The Morgan fingerprint density at radius 2 is 1.27 bits per heavy atom. The molecule has 9 heteroatoms. The first-order chi connectivity index (χ1) is 27.4. The van der Waals surface area contributed by atoms with Crippen LogP contribution in [0.3, 0.4) is 0 Å². The summed E-state index contributed by atoms with van der Waals surface area (Å²) in [6, 6.07) is 38.6. The van der Waals surface area contributed by atoms with Gasteiger partial charge in [0.05, 0.1) is 45.1 Å². The van der Waals surface area contributed by atoms with Crippen molar-refractivity contribution in [2.45, 2.75) is 114 Å². The van der Waals surface area contributed by atoms with Crippen molar-refractivity contribution in [2.24, 2.45) is 5.92 Å². The summed E-state index contributed by atoms with van der Waals surface area (Å²) in [4.78, 5) is 14.5. The Balaban J connectivity index is 1.13. The highest BCUT2D eigenvalue weighted by atomic mass is 16.7. The second-order valence-corrected chi connectivity index (χ2v) is 15.6. The number of methoxy groups -OCH3 is 1. The third-order valence-electron chi connectivity index (χ3n) is 11.6. The maximum atomic E-state index is 12.7. The molecule has 0 spiro atoms. The van der Waals surface area contributed by atoms with Crippen LogP contribution < -0.4 is 0 Å². The van der Waals surface area contributed by atoms with Crippen molar-refractivity contribution in [1.29, 1.82) is 0 Å². The minimum Gasteiger partial charge on any atom is -0.469 e. The van der Waals surface area contributed by atoms with Crippen molar-refractivity contribution in [3.63, 3.8) is 0 Å². The van der Waals surface area contributed by atoms with E-state index in [-0.39, 0.29) is 11.9 Å². The van der Waals surface area contributed by atoms with Crippen LogP contribution in [0.1, 0.15) is 73.3 Å². The van der Waals surface area contributed by atoms with Gasteiger partial charge in [-0.05, 0) is 73.5 Å². The van der Waals surface area contributed by atoms with Crippen molar-refractivity contribution < 1.29 is 38.3 Å². The predicted molar refractivity (Wildman–Crippen MR) is 213 cm³/mol. The number of piperidine rings is 1. The average molecular weight is 764 g/mol. The molecule has 3 aliphatic rings.